The van der Waals surface area contributed by atoms with E-state index in [0.29, 0.717) is 22.6 Å². The molecule has 0 saturated heterocycles. The standard InChI is InChI=1S/C15H15N3O2S2/c1-3-11-10(2)8-12(22-11)15-17-16-13(20-15)9-21-14-6-4-5-7-18(14)19/h4-8H,3,9H2,1-2H3. The summed E-state index contributed by atoms with van der Waals surface area (Å²) >= 11 is 3.06. The van der Waals surface area contributed by atoms with Crippen molar-refractivity contribution in [2.24, 2.45) is 0 Å². The van der Waals surface area contributed by atoms with Gasteiger partial charge in [0.25, 0.3) is 10.9 Å². The number of hydrogen-bond donors (Lipinski definition) is 0. The quantitative estimate of drug-likeness (QED) is 0.405. The highest BCUT2D eigenvalue weighted by molar-refractivity contribution is 7.98. The fraction of sp³-hybridized carbons (Fsp3) is 0.267. The summed E-state index contributed by atoms with van der Waals surface area (Å²) in [6.45, 7) is 4.23. The molecule has 0 aliphatic carbocycles. The molecule has 0 saturated carbocycles. The van der Waals surface area contributed by atoms with Crippen molar-refractivity contribution in [3.05, 3.63) is 52.0 Å². The fourth-order valence-electron chi connectivity index (χ4n) is 2.05. The van der Waals surface area contributed by atoms with Crippen LogP contribution in [0.3, 0.4) is 0 Å². The van der Waals surface area contributed by atoms with Gasteiger partial charge in [-0.05, 0) is 42.8 Å². The van der Waals surface area contributed by atoms with Crippen LogP contribution in [0.25, 0.3) is 10.8 Å². The molecule has 3 aromatic rings. The topological polar surface area (TPSA) is 65.9 Å². The van der Waals surface area contributed by atoms with E-state index in [4.69, 9.17) is 4.42 Å². The molecule has 0 aromatic carbocycles. The van der Waals surface area contributed by atoms with Crippen LogP contribution in [0, 0.1) is 12.1 Å². The maximum atomic E-state index is 11.6. The normalized spacial score (nSPS) is 11.0. The van der Waals surface area contributed by atoms with Gasteiger partial charge in [0.15, 0.2) is 6.20 Å². The van der Waals surface area contributed by atoms with Crippen molar-refractivity contribution >= 4 is 23.1 Å². The lowest BCUT2D eigenvalue weighted by Crippen LogP contribution is -2.27. The van der Waals surface area contributed by atoms with Gasteiger partial charge in [-0.1, -0.05) is 6.92 Å². The van der Waals surface area contributed by atoms with Crippen LogP contribution in [0.5, 0.6) is 0 Å². The minimum Gasteiger partial charge on any atom is -0.618 e. The Morgan fingerprint density at radius 1 is 1.36 bits per heavy atom. The van der Waals surface area contributed by atoms with Crippen LogP contribution in [0.4, 0.5) is 0 Å². The average molecular weight is 333 g/mol. The lowest BCUT2D eigenvalue weighted by molar-refractivity contribution is -0.645. The van der Waals surface area contributed by atoms with Gasteiger partial charge >= 0.3 is 0 Å². The highest BCUT2D eigenvalue weighted by atomic mass is 32.2. The molecule has 22 heavy (non-hydrogen) atoms. The van der Waals surface area contributed by atoms with E-state index in [0.717, 1.165) is 16.0 Å². The van der Waals surface area contributed by atoms with E-state index in [1.165, 1.54) is 28.4 Å². The third-order valence-electron chi connectivity index (χ3n) is 3.15. The number of hydrogen-bond acceptors (Lipinski definition) is 6. The summed E-state index contributed by atoms with van der Waals surface area (Å²) in [6, 6.07) is 7.38. The Kier molecular flexibility index (Phi) is 4.44. The monoisotopic (exact) mass is 333 g/mol. The maximum absolute atomic E-state index is 11.6. The molecule has 0 N–H and O–H groups in total. The second-order valence-electron chi connectivity index (χ2n) is 4.72. The van der Waals surface area contributed by atoms with Gasteiger partial charge in [0, 0.05) is 17.0 Å². The van der Waals surface area contributed by atoms with Crippen molar-refractivity contribution in [3.8, 4) is 10.8 Å². The highest BCUT2D eigenvalue weighted by Gasteiger charge is 2.14. The number of pyridine rings is 1. The van der Waals surface area contributed by atoms with Gasteiger partial charge in [-0.3, -0.25) is 0 Å². The minimum absolute atomic E-state index is 0.476. The van der Waals surface area contributed by atoms with Crippen LogP contribution < -0.4 is 4.73 Å². The summed E-state index contributed by atoms with van der Waals surface area (Å²) in [4.78, 5) is 2.33. The molecule has 0 bridgehead atoms. The minimum atomic E-state index is 0.476. The molecule has 3 aromatic heterocycles. The van der Waals surface area contributed by atoms with E-state index in [-0.39, 0.29) is 0 Å². The number of aromatic nitrogens is 3. The van der Waals surface area contributed by atoms with Crippen LogP contribution in [0.15, 0.2) is 39.9 Å². The smallest absolute Gasteiger partial charge is 0.257 e. The van der Waals surface area contributed by atoms with Crippen LogP contribution in [-0.4, -0.2) is 10.2 Å². The van der Waals surface area contributed by atoms with Gasteiger partial charge in [0.2, 0.25) is 5.89 Å². The second-order valence-corrected chi connectivity index (χ2v) is 6.86. The first-order valence-electron chi connectivity index (χ1n) is 6.90. The zero-order chi connectivity index (χ0) is 15.5. The third kappa shape index (κ3) is 3.15. The van der Waals surface area contributed by atoms with E-state index in [1.54, 1.807) is 23.5 Å². The molecule has 3 heterocycles. The van der Waals surface area contributed by atoms with Crippen LogP contribution in [-0.2, 0) is 12.2 Å². The largest absolute Gasteiger partial charge is 0.618 e. The van der Waals surface area contributed by atoms with E-state index >= 15 is 0 Å². The molecule has 7 heteroatoms. The summed E-state index contributed by atoms with van der Waals surface area (Å²) in [5, 5.41) is 20.3. The SMILES string of the molecule is CCc1sc(-c2nnc(CSc3cccc[n+]3[O-])o2)cc1C. The van der Waals surface area contributed by atoms with Crippen LogP contribution in [0.1, 0.15) is 23.3 Å². The predicted octanol–water partition coefficient (Wildman–Crippen LogP) is 3.59. The lowest BCUT2D eigenvalue weighted by atomic mass is 10.2. The predicted molar refractivity (Wildman–Crippen MR) is 86.7 cm³/mol. The molecule has 5 nitrogen and oxygen atoms in total. The first kappa shape index (κ1) is 15.1. The summed E-state index contributed by atoms with van der Waals surface area (Å²) in [7, 11) is 0. The van der Waals surface area contributed by atoms with Gasteiger partial charge in [0.1, 0.15) is 0 Å². The molecule has 114 valence electrons. The Hall–Kier alpha value is -1.86. The molecule has 0 amide bonds. The molecule has 0 aliphatic heterocycles. The second kappa shape index (κ2) is 6.50. The first-order valence-corrected chi connectivity index (χ1v) is 8.70. The van der Waals surface area contributed by atoms with E-state index in [2.05, 4.69) is 30.1 Å². The van der Waals surface area contributed by atoms with Crippen molar-refractivity contribution < 1.29 is 9.15 Å². The van der Waals surface area contributed by atoms with Crippen LogP contribution >= 0.6 is 23.1 Å². The molecule has 0 radical (unpaired) electrons. The summed E-state index contributed by atoms with van der Waals surface area (Å²) in [5.41, 5.74) is 1.26. The molecule has 0 atom stereocenters. The molecule has 3 rings (SSSR count). The van der Waals surface area contributed by atoms with Gasteiger partial charge in [-0.2, -0.15) is 4.73 Å². The number of nitrogens with zero attached hydrogens (tertiary/aromatic N) is 3. The molecule has 0 aliphatic rings. The summed E-state index contributed by atoms with van der Waals surface area (Å²) < 4.78 is 6.53. The zero-order valence-electron chi connectivity index (χ0n) is 12.3. The van der Waals surface area contributed by atoms with Crippen molar-refractivity contribution in [2.75, 3.05) is 0 Å². The Bertz CT molecular complexity index is 783. The summed E-state index contributed by atoms with van der Waals surface area (Å²) in [6.07, 6.45) is 2.48. The van der Waals surface area contributed by atoms with E-state index in [9.17, 15) is 5.21 Å². The molecular formula is C15H15N3O2S2. The Morgan fingerprint density at radius 2 is 2.23 bits per heavy atom. The highest BCUT2D eigenvalue weighted by Crippen LogP contribution is 2.31. The van der Waals surface area contributed by atoms with Crippen molar-refractivity contribution in [1.82, 2.24) is 10.2 Å². The summed E-state index contributed by atoms with van der Waals surface area (Å²) in [5.74, 6) is 1.55. The van der Waals surface area contributed by atoms with E-state index in [1.807, 2.05) is 6.07 Å². The third-order valence-corrected chi connectivity index (χ3v) is 5.52. The molecule has 0 fully saturated rings. The molecule has 0 unspecified atom stereocenters. The Labute approximate surface area is 136 Å². The van der Waals surface area contributed by atoms with Crippen molar-refractivity contribution in [1.29, 1.82) is 0 Å². The number of thiophene rings is 1. The van der Waals surface area contributed by atoms with Gasteiger partial charge in [0.05, 0.1) is 10.6 Å². The van der Waals surface area contributed by atoms with E-state index < -0.39 is 0 Å². The maximum Gasteiger partial charge on any atom is 0.257 e. The van der Waals surface area contributed by atoms with Crippen LogP contribution in [0.2, 0.25) is 0 Å². The van der Waals surface area contributed by atoms with Crippen molar-refractivity contribution in [2.45, 2.75) is 31.0 Å². The fourth-order valence-corrected chi connectivity index (χ4v) is 3.83. The van der Waals surface area contributed by atoms with Gasteiger partial charge in [-0.15, -0.1) is 21.5 Å². The zero-order valence-corrected chi connectivity index (χ0v) is 13.9. The number of rotatable bonds is 5. The lowest BCUT2D eigenvalue weighted by Gasteiger charge is -2.00. The number of thioether (sulfide) groups is 1. The Balaban J connectivity index is 1.72. The number of aryl methyl sites for hydroxylation is 2. The van der Waals surface area contributed by atoms with Crippen molar-refractivity contribution in [3.63, 3.8) is 0 Å². The van der Waals surface area contributed by atoms with Gasteiger partial charge < -0.3 is 9.62 Å². The van der Waals surface area contributed by atoms with Gasteiger partial charge in [-0.25, -0.2) is 0 Å². The molecule has 0 spiro atoms. The first-order chi connectivity index (χ1) is 10.7. The molecular weight excluding hydrogens is 318 g/mol. The Morgan fingerprint density at radius 3 is 2.95 bits per heavy atom. The average Bonchev–Trinajstić information content (AvgIpc) is 3.12.